The molecule has 1 aliphatic rings. The van der Waals surface area contributed by atoms with Crippen molar-refractivity contribution in [3.63, 3.8) is 0 Å². The minimum atomic E-state index is -0.283. The van der Waals surface area contributed by atoms with E-state index in [-0.39, 0.29) is 11.8 Å². The molecule has 2 amide bonds. The zero-order valence-electron chi connectivity index (χ0n) is 20.5. The number of ether oxygens (including phenoxy) is 1. The molecule has 0 aromatic heterocycles. The molecular weight excluding hydrogens is 412 g/mol. The topological polar surface area (TPSA) is 58.6 Å². The predicted molar refractivity (Wildman–Crippen MR) is 134 cm³/mol. The first-order valence-electron chi connectivity index (χ1n) is 12.0. The van der Waals surface area contributed by atoms with Gasteiger partial charge >= 0.3 is 0 Å². The Morgan fingerprint density at radius 3 is 2.24 bits per heavy atom. The van der Waals surface area contributed by atoms with E-state index < -0.39 is 0 Å². The van der Waals surface area contributed by atoms with Crippen LogP contribution in [0.2, 0.25) is 0 Å². The summed E-state index contributed by atoms with van der Waals surface area (Å²) < 4.78 is 5.62. The van der Waals surface area contributed by atoms with Gasteiger partial charge in [0, 0.05) is 25.4 Å². The third-order valence-corrected chi connectivity index (χ3v) is 6.12. The van der Waals surface area contributed by atoms with Gasteiger partial charge in [0.2, 0.25) is 0 Å². The number of imide groups is 1. The van der Waals surface area contributed by atoms with E-state index in [9.17, 15) is 9.59 Å². The van der Waals surface area contributed by atoms with Crippen LogP contribution in [0.15, 0.2) is 48.2 Å². The summed E-state index contributed by atoms with van der Waals surface area (Å²) in [6, 6.07) is 13.9. The molecule has 0 spiro atoms. The summed E-state index contributed by atoms with van der Waals surface area (Å²) in [5, 5.41) is 3.25. The maximum Gasteiger partial charge on any atom is 0.278 e. The zero-order valence-corrected chi connectivity index (χ0v) is 20.5. The molecule has 5 nitrogen and oxygen atoms in total. The Hall–Kier alpha value is -2.92. The standard InChI is InChI=1S/C28H36N2O3/c1-6-7-16-33-17-8-15-30-27(31)25(23-10-9-20(4)21(5)18-23)26(28(30)32)29-24-13-11-22(12-14-24)19(2)3/h9-14,18-19,29H,6-8,15-17H2,1-5H3. The average molecular weight is 449 g/mol. The molecule has 176 valence electrons. The normalized spacial score (nSPS) is 14.1. The summed E-state index contributed by atoms with van der Waals surface area (Å²) in [6.07, 6.45) is 2.72. The number of hydrogen-bond donors (Lipinski definition) is 1. The van der Waals surface area contributed by atoms with Crippen LogP contribution in [0.25, 0.3) is 5.57 Å². The first kappa shape index (κ1) is 24.7. The number of unbranched alkanes of at least 4 members (excludes halogenated alkanes) is 1. The number of carbonyl (C=O) groups excluding carboxylic acids is 2. The lowest BCUT2D eigenvalue weighted by atomic mass is 9.99. The van der Waals surface area contributed by atoms with Gasteiger partial charge in [-0.2, -0.15) is 0 Å². The number of nitrogens with zero attached hydrogens (tertiary/aromatic N) is 1. The van der Waals surface area contributed by atoms with E-state index in [1.54, 1.807) is 0 Å². The molecule has 2 aromatic rings. The van der Waals surface area contributed by atoms with Crippen molar-refractivity contribution in [2.45, 2.75) is 59.8 Å². The molecule has 0 saturated carbocycles. The van der Waals surface area contributed by atoms with E-state index in [1.807, 2.05) is 44.2 Å². The molecule has 0 aliphatic carbocycles. The number of rotatable bonds is 11. The van der Waals surface area contributed by atoms with Crippen molar-refractivity contribution in [2.75, 3.05) is 25.1 Å². The average Bonchev–Trinajstić information content (AvgIpc) is 3.02. The highest BCUT2D eigenvalue weighted by Crippen LogP contribution is 2.32. The first-order valence-corrected chi connectivity index (χ1v) is 12.0. The molecule has 0 unspecified atom stereocenters. The summed E-state index contributed by atoms with van der Waals surface area (Å²) in [6.45, 7) is 12.1. The van der Waals surface area contributed by atoms with Crippen molar-refractivity contribution in [3.05, 3.63) is 70.4 Å². The number of carbonyl (C=O) groups is 2. The van der Waals surface area contributed by atoms with Crippen LogP contribution in [0.5, 0.6) is 0 Å². The van der Waals surface area contributed by atoms with Crippen molar-refractivity contribution in [3.8, 4) is 0 Å². The highest BCUT2D eigenvalue weighted by Gasteiger charge is 2.39. The Morgan fingerprint density at radius 2 is 1.61 bits per heavy atom. The first-order chi connectivity index (χ1) is 15.8. The SMILES string of the molecule is CCCCOCCCN1C(=O)C(Nc2ccc(C(C)C)cc2)=C(c2ccc(C)c(C)c2)C1=O. The summed E-state index contributed by atoms with van der Waals surface area (Å²) in [7, 11) is 0. The van der Waals surface area contributed by atoms with Gasteiger partial charge in [-0.15, -0.1) is 0 Å². The third-order valence-electron chi connectivity index (χ3n) is 6.12. The van der Waals surface area contributed by atoms with Crippen molar-refractivity contribution in [1.82, 2.24) is 4.90 Å². The second-order valence-electron chi connectivity index (χ2n) is 9.03. The molecule has 0 bridgehead atoms. The number of nitrogens with one attached hydrogen (secondary N) is 1. The lowest BCUT2D eigenvalue weighted by molar-refractivity contribution is -0.137. The van der Waals surface area contributed by atoms with Crippen LogP contribution in [0.1, 0.15) is 68.2 Å². The van der Waals surface area contributed by atoms with Crippen LogP contribution in [0, 0.1) is 13.8 Å². The highest BCUT2D eigenvalue weighted by molar-refractivity contribution is 6.36. The Morgan fingerprint density at radius 1 is 0.909 bits per heavy atom. The van der Waals surface area contributed by atoms with Crippen LogP contribution in [0.3, 0.4) is 0 Å². The summed E-state index contributed by atoms with van der Waals surface area (Å²) in [5.74, 6) is -0.109. The van der Waals surface area contributed by atoms with Crippen LogP contribution >= 0.6 is 0 Å². The van der Waals surface area contributed by atoms with Gasteiger partial charge < -0.3 is 10.1 Å². The van der Waals surface area contributed by atoms with E-state index in [0.717, 1.165) is 35.2 Å². The number of aryl methyl sites for hydroxylation is 2. The second-order valence-corrected chi connectivity index (χ2v) is 9.03. The van der Waals surface area contributed by atoms with Gasteiger partial charge in [0.15, 0.2) is 0 Å². The second kappa shape index (κ2) is 11.3. The maximum absolute atomic E-state index is 13.4. The van der Waals surface area contributed by atoms with E-state index in [0.29, 0.717) is 43.4 Å². The molecule has 3 rings (SSSR count). The zero-order chi connectivity index (χ0) is 24.0. The van der Waals surface area contributed by atoms with Crippen molar-refractivity contribution >= 4 is 23.1 Å². The van der Waals surface area contributed by atoms with Gasteiger partial charge in [0.05, 0.1) is 5.57 Å². The Balaban J connectivity index is 1.86. The van der Waals surface area contributed by atoms with Gasteiger partial charge in [-0.05, 0) is 67.0 Å². The number of hydrogen-bond acceptors (Lipinski definition) is 4. The van der Waals surface area contributed by atoms with Gasteiger partial charge in [0.25, 0.3) is 11.8 Å². The lowest BCUT2D eigenvalue weighted by Crippen LogP contribution is -2.34. The van der Waals surface area contributed by atoms with Gasteiger partial charge in [-0.3, -0.25) is 14.5 Å². The minimum absolute atomic E-state index is 0.252. The number of amides is 2. The summed E-state index contributed by atoms with van der Waals surface area (Å²) >= 11 is 0. The Kier molecular flexibility index (Phi) is 8.45. The molecule has 5 heteroatoms. The van der Waals surface area contributed by atoms with E-state index in [1.165, 1.54) is 10.5 Å². The molecule has 0 atom stereocenters. The van der Waals surface area contributed by atoms with Gasteiger partial charge in [0.1, 0.15) is 5.70 Å². The van der Waals surface area contributed by atoms with Crippen molar-refractivity contribution in [2.24, 2.45) is 0 Å². The minimum Gasteiger partial charge on any atom is -0.381 e. The Labute approximate surface area is 197 Å². The molecule has 0 fully saturated rings. The molecule has 1 N–H and O–H groups in total. The molecule has 0 saturated heterocycles. The van der Waals surface area contributed by atoms with Crippen LogP contribution in [-0.2, 0) is 14.3 Å². The van der Waals surface area contributed by atoms with Gasteiger partial charge in [-0.1, -0.05) is 57.5 Å². The fraction of sp³-hybridized carbons (Fsp3) is 0.429. The summed E-state index contributed by atoms with van der Waals surface area (Å²) in [5.41, 5.74) is 5.79. The highest BCUT2D eigenvalue weighted by atomic mass is 16.5. The Bertz CT molecular complexity index is 1020. The van der Waals surface area contributed by atoms with Crippen LogP contribution in [0.4, 0.5) is 5.69 Å². The van der Waals surface area contributed by atoms with E-state index in [4.69, 9.17) is 4.74 Å². The maximum atomic E-state index is 13.4. The lowest BCUT2D eigenvalue weighted by Gasteiger charge is -2.15. The fourth-order valence-electron chi connectivity index (χ4n) is 3.83. The molecule has 1 aliphatic heterocycles. The van der Waals surface area contributed by atoms with E-state index in [2.05, 4.69) is 38.2 Å². The van der Waals surface area contributed by atoms with Gasteiger partial charge in [-0.25, -0.2) is 0 Å². The fourth-order valence-corrected chi connectivity index (χ4v) is 3.83. The van der Waals surface area contributed by atoms with Crippen LogP contribution < -0.4 is 5.32 Å². The van der Waals surface area contributed by atoms with E-state index >= 15 is 0 Å². The van der Waals surface area contributed by atoms with Crippen molar-refractivity contribution < 1.29 is 14.3 Å². The third kappa shape index (κ3) is 5.91. The van der Waals surface area contributed by atoms with Crippen LogP contribution in [-0.4, -0.2) is 36.5 Å². The number of benzene rings is 2. The summed E-state index contributed by atoms with van der Waals surface area (Å²) in [4.78, 5) is 28.1. The molecule has 1 heterocycles. The molecule has 0 radical (unpaired) electrons. The van der Waals surface area contributed by atoms with Crippen molar-refractivity contribution in [1.29, 1.82) is 0 Å². The quantitative estimate of drug-likeness (QED) is 0.347. The smallest absolute Gasteiger partial charge is 0.278 e. The number of anilines is 1. The molecular formula is C28H36N2O3. The monoisotopic (exact) mass is 448 g/mol. The molecule has 2 aromatic carbocycles. The predicted octanol–water partition coefficient (Wildman–Crippen LogP) is 5.83. The largest absolute Gasteiger partial charge is 0.381 e. The molecule has 33 heavy (non-hydrogen) atoms.